The lowest BCUT2D eigenvalue weighted by molar-refractivity contribution is 0.0686. The van der Waals surface area contributed by atoms with Crippen LogP contribution >= 0.6 is 0 Å². The fourth-order valence-corrected chi connectivity index (χ4v) is 1.63. The van der Waals surface area contributed by atoms with Gasteiger partial charge in [0.2, 0.25) is 0 Å². The van der Waals surface area contributed by atoms with Gasteiger partial charge in [-0.05, 0) is 24.3 Å². The van der Waals surface area contributed by atoms with Crippen LogP contribution in [0.4, 0.5) is 14.5 Å². The van der Waals surface area contributed by atoms with Gasteiger partial charge in [0, 0.05) is 5.56 Å². The number of halogens is 2. The van der Waals surface area contributed by atoms with Crippen molar-refractivity contribution in [1.82, 2.24) is 0 Å². The van der Waals surface area contributed by atoms with E-state index in [1.807, 2.05) is 0 Å². The van der Waals surface area contributed by atoms with Crippen molar-refractivity contribution < 1.29 is 23.5 Å². The molecule has 0 radical (unpaired) electrons. The molecular formula is C14H9F2NO3. The number of benzene rings is 2. The molecule has 2 aromatic carbocycles. The Hall–Kier alpha value is -2.76. The van der Waals surface area contributed by atoms with Crippen LogP contribution in [0.3, 0.4) is 0 Å². The molecule has 102 valence electrons. The summed E-state index contributed by atoms with van der Waals surface area (Å²) < 4.78 is 27.0. The Morgan fingerprint density at radius 1 is 1.00 bits per heavy atom. The quantitative estimate of drug-likeness (QED) is 0.906. The summed E-state index contributed by atoms with van der Waals surface area (Å²) in [5.41, 5.74) is -1.22. The number of hydrogen-bond donors (Lipinski definition) is 2. The van der Waals surface area contributed by atoms with E-state index in [1.165, 1.54) is 12.1 Å². The van der Waals surface area contributed by atoms with E-state index in [0.29, 0.717) is 0 Å². The SMILES string of the molecule is O=C(Nc1ccc(F)c(C(=O)O)c1F)c1ccccc1. The van der Waals surface area contributed by atoms with Gasteiger partial charge in [0.25, 0.3) is 5.91 Å². The first-order valence-electron chi connectivity index (χ1n) is 5.58. The number of aromatic carboxylic acids is 1. The van der Waals surface area contributed by atoms with Gasteiger partial charge in [-0.1, -0.05) is 18.2 Å². The smallest absolute Gasteiger partial charge is 0.341 e. The molecule has 0 bridgehead atoms. The molecule has 0 atom stereocenters. The molecular weight excluding hydrogens is 268 g/mol. The molecule has 4 nitrogen and oxygen atoms in total. The Balaban J connectivity index is 2.33. The highest BCUT2D eigenvalue weighted by molar-refractivity contribution is 6.04. The first-order valence-corrected chi connectivity index (χ1v) is 5.58. The molecule has 0 saturated carbocycles. The molecule has 0 aliphatic rings. The number of rotatable bonds is 3. The Labute approximate surface area is 112 Å². The summed E-state index contributed by atoms with van der Waals surface area (Å²) in [5, 5.41) is 10.9. The van der Waals surface area contributed by atoms with E-state index < -0.39 is 34.8 Å². The van der Waals surface area contributed by atoms with Crippen LogP contribution in [0.25, 0.3) is 0 Å². The zero-order chi connectivity index (χ0) is 14.7. The number of carbonyl (C=O) groups excluding carboxylic acids is 1. The van der Waals surface area contributed by atoms with Crippen molar-refractivity contribution in [3.63, 3.8) is 0 Å². The molecule has 1 amide bonds. The van der Waals surface area contributed by atoms with E-state index in [1.54, 1.807) is 18.2 Å². The Bertz CT molecular complexity index is 672. The second-order valence-corrected chi connectivity index (χ2v) is 3.91. The summed E-state index contributed by atoms with van der Waals surface area (Å²) in [6, 6.07) is 9.73. The van der Waals surface area contributed by atoms with Gasteiger partial charge in [-0.2, -0.15) is 0 Å². The van der Waals surface area contributed by atoms with E-state index in [-0.39, 0.29) is 5.56 Å². The molecule has 0 unspecified atom stereocenters. The lowest BCUT2D eigenvalue weighted by Gasteiger charge is -2.08. The highest BCUT2D eigenvalue weighted by atomic mass is 19.1. The Morgan fingerprint density at radius 2 is 1.65 bits per heavy atom. The number of amides is 1. The van der Waals surface area contributed by atoms with E-state index in [9.17, 15) is 18.4 Å². The van der Waals surface area contributed by atoms with Crippen molar-refractivity contribution in [2.75, 3.05) is 5.32 Å². The average molecular weight is 277 g/mol. The highest BCUT2D eigenvalue weighted by Gasteiger charge is 2.20. The van der Waals surface area contributed by atoms with Crippen molar-refractivity contribution >= 4 is 17.6 Å². The standard InChI is InChI=1S/C14H9F2NO3/c15-9-6-7-10(12(16)11(9)14(19)20)17-13(18)8-4-2-1-3-5-8/h1-7H,(H,17,18)(H,19,20). The monoisotopic (exact) mass is 277 g/mol. The third kappa shape index (κ3) is 2.64. The largest absolute Gasteiger partial charge is 0.477 e. The molecule has 0 aliphatic carbocycles. The lowest BCUT2D eigenvalue weighted by Crippen LogP contribution is -2.15. The van der Waals surface area contributed by atoms with Gasteiger partial charge in [0.1, 0.15) is 11.4 Å². The van der Waals surface area contributed by atoms with Crippen LogP contribution in [0.2, 0.25) is 0 Å². The van der Waals surface area contributed by atoms with E-state index in [4.69, 9.17) is 5.11 Å². The summed E-state index contributed by atoms with van der Waals surface area (Å²) in [6.07, 6.45) is 0. The van der Waals surface area contributed by atoms with Crippen LogP contribution in [0, 0.1) is 11.6 Å². The summed E-state index contributed by atoms with van der Waals surface area (Å²) in [5.74, 6) is -4.88. The maximum atomic E-state index is 13.8. The summed E-state index contributed by atoms with van der Waals surface area (Å²) in [6.45, 7) is 0. The number of hydrogen-bond acceptors (Lipinski definition) is 2. The van der Waals surface area contributed by atoms with Crippen LogP contribution in [0.5, 0.6) is 0 Å². The highest BCUT2D eigenvalue weighted by Crippen LogP contribution is 2.21. The van der Waals surface area contributed by atoms with Gasteiger partial charge in [-0.3, -0.25) is 4.79 Å². The third-order valence-corrected chi connectivity index (χ3v) is 2.59. The topological polar surface area (TPSA) is 66.4 Å². The van der Waals surface area contributed by atoms with E-state index in [0.717, 1.165) is 12.1 Å². The maximum Gasteiger partial charge on any atom is 0.341 e. The van der Waals surface area contributed by atoms with E-state index >= 15 is 0 Å². The van der Waals surface area contributed by atoms with Gasteiger partial charge >= 0.3 is 5.97 Å². The summed E-state index contributed by atoms with van der Waals surface area (Å²) >= 11 is 0. The van der Waals surface area contributed by atoms with E-state index in [2.05, 4.69) is 5.32 Å². The first-order chi connectivity index (χ1) is 9.50. The molecule has 6 heteroatoms. The number of nitrogens with one attached hydrogen (secondary N) is 1. The second-order valence-electron chi connectivity index (χ2n) is 3.91. The number of carboxylic acids is 1. The van der Waals surface area contributed by atoms with Crippen molar-refractivity contribution in [1.29, 1.82) is 0 Å². The predicted molar refractivity (Wildman–Crippen MR) is 67.7 cm³/mol. The van der Waals surface area contributed by atoms with Gasteiger partial charge in [-0.15, -0.1) is 0 Å². The third-order valence-electron chi connectivity index (χ3n) is 2.59. The average Bonchev–Trinajstić information content (AvgIpc) is 2.42. The fraction of sp³-hybridized carbons (Fsp3) is 0. The maximum absolute atomic E-state index is 13.8. The van der Waals surface area contributed by atoms with Crippen molar-refractivity contribution in [3.05, 3.63) is 65.2 Å². The van der Waals surface area contributed by atoms with Crippen LogP contribution in [-0.4, -0.2) is 17.0 Å². The molecule has 0 heterocycles. The molecule has 2 aromatic rings. The molecule has 0 aliphatic heterocycles. The summed E-state index contributed by atoms with van der Waals surface area (Å²) in [4.78, 5) is 22.6. The van der Waals surface area contributed by atoms with Gasteiger partial charge in [0.05, 0.1) is 5.69 Å². The van der Waals surface area contributed by atoms with Crippen molar-refractivity contribution in [2.45, 2.75) is 0 Å². The van der Waals surface area contributed by atoms with Crippen LogP contribution in [0.1, 0.15) is 20.7 Å². The molecule has 2 N–H and O–H groups in total. The fourth-order valence-electron chi connectivity index (χ4n) is 1.63. The van der Waals surface area contributed by atoms with Gasteiger partial charge in [-0.25, -0.2) is 13.6 Å². The minimum atomic E-state index is -1.74. The lowest BCUT2D eigenvalue weighted by atomic mass is 10.1. The molecule has 0 aromatic heterocycles. The van der Waals surface area contributed by atoms with Gasteiger partial charge in [0.15, 0.2) is 5.82 Å². The van der Waals surface area contributed by atoms with Crippen LogP contribution in [0.15, 0.2) is 42.5 Å². The zero-order valence-corrected chi connectivity index (χ0v) is 10.1. The Morgan fingerprint density at radius 3 is 2.25 bits per heavy atom. The molecule has 0 saturated heterocycles. The van der Waals surface area contributed by atoms with Crippen molar-refractivity contribution in [3.8, 4) is 0 Å². The molecule has 20 heavy (non-hydrogen) atoms. The molecule has 0 spiro atoms. The first kappa shape index (κ1) is 13.7. The Kier molecular flexibility index (Phi) is 3.74. The number of carboxylic acid groups (broad SMARTS) is 1. The minimum Gasteiger partial charge on any atom is -0.477 e. The second kappa shape index (κ2) is 5.48. The number of anilines is 1. The molecule has 0 fully saturated rings. The summed E-state index contributed by atoms with van der Waals surface area (Å²) in [7, 11) is 0. The van der Waals surface area contributed by atoms with Gasteiger partial charge < -0.3 is 10.4 Å². The van der Waals surface area contributed by atoms with Crippen LogP contribution in [-0.2, 0) is 0 Å². The predicted octanol–water partition coefficient (Wildman–Crippen LogP) is 2.92. The normalized spacial score (nSPS) is 10.1. The molecule has 2 rings (SSSR count). The zero-order valence-electron chi connectivity index (χ0n) is 10.1. The minimum absolute atomic E-state index is 0.271. The van der Waals surface area contributed by atoms with Crippen LogP contribution < -0.4 is 5.32 Å². The number of carbonyl (C=O) groups is 2. The van der Waals surface area contributed by atoms with Crippen molar-refractivity contribution in [2.24, 2.45) is 0 Å².